The molecule has 24 heavy (non-hydrogen) atoms. The second kappa shape index (κ2) is 8.65. The van der Waals surface area contributed by atoms with Gasteiger partial charge in [-0.15, -0.1) is 0 Å². The average molecular weight is 395 g/mol. The largest absolute Gasteiger partial charge is 0.468 e. The SMILES string of the molecule is COC(=O)CNC(=O)CN(C)Cc1ccc(-c2ccc(Br)cc2)o1. The monoisotopic (exact) mass is 394 g/mol. The summed E-state index contributed by atoms with van der Waals surface area (Å²) in [6.07, 6.45) is 0. The van der Waals surface area contributed by atoms with E-state index < -0.39 is 5.97 Å². The van der Waals surface area contributed by atoms with Gasteiger partial charge in [-0.05, 0) is 31.3 Å². The molecule has 1 heterocycles. The summed E-state index contributed by atoms with van der Waals surface area (Å²) in [5.74, 6) is 0.816. The highest BCUT2D eigenvalue weighted by Gasteiger charge is 2.11. The summed E-state index contributed by atoms with van der Waals surface area (Å²) >= 11 is 3.40. The number of carbonyl (C=O) groups excluding carboxylic acids is 2. The fraction of sp³-hybridized carbons (Fsp3) is 0.294. The number of likely N-dealkylation sites (N-methyl/N-ethyl adjacent to an activating group) is 1. The summed E-state index contributed by atoms with van der Waals surface area (Å²) in [6, 6.07) is 11.6. The first kappa shape index (κ1) is 18.2. The minimum Gasteiger partial charge on any atom is -0.468 e. The van der Waals surface area contributed by atoms with Gasteiger partial charge in [-0.3, -0.25) is 14.5 Å². The zero-order chi connectivity index (χ0) is 17.5. The van der Waals surface area contributed by atoms with Crippen molar-refractivity contribution >= 4 is 27.8 Å². The zero-order valence-corrected chi connectivity index (χ0v) is 15.1. The molecule has 6 nitrogen and oxygen atoms in total. The van der Waals surface area contributed by atoms with Crippen LogP contribution in [0.25, 0.3) is 11.3 Å². The van der Waals surface area contributed by atoms with Crippen LogP contribution in [0.5, 0.6) is 0 Å². The fourth-order valence-corrected chi connectivity index (χ4v) is 2.36. The third-order valence-electron chi connectivity index (χ3n) is 3.29. The van der Waals surface area contributed by atoms with Crippen LogP contribution in [0.2, 0.25) is 0 Å². The number of halogens is 1. The average Bonchev–Trinajstić information content (AvgIpc) is 3.01. The van der Waals surface area contributed by atoms with E-state index in [0.29, 0.717) is 6.54 Å². The second-order valence-corrected chi connectivity index (χ2v) is 6.21. The van der Waals surface area contributed by atoms with Crippen molar-refractivity contribution in [1.29, 1.82) is 0 Å². The molecule has 1 aromatic carbocycles. The van der Waals surface area contributed by atoms with Gasteiger partial charge in [0, 0.05) is 10.0 Å². The van der Waals surface area contributed by atoms with Gasteiger partial charge in [-0.1, -0.05) is 28.1 Å². The number of furan rings is 1. The quantitative estimate of drug-likeness (QED) is 0.730. The molecule has 0 radical (unpaired) electrons. The maximum absolute atomic E-state index is 11.7. The third-order valence-corrected chi connectivity index (χ3v) is 3.82. The van der Waals surface area contributed by atoms with E-state index in [4.69, 9.17) is 4.42 Å². The smallest absolute Gasteiger partial charge is 0.325 e. The van der Waals surface area contributed by atoms with Crippen molar-refractivity contribution in [3.63, 3.8) is 0 Å². The lowest BCUT2D eigenvalue weighted by molar-refractivity contribution is -0.141. The van der Waals surface area contributed by atoms with E-state index in [1.165, 1.54) is 7.11 Å². The number of benzene rings is 1. The number of amides is 1. The van der Waals surface area contributed by atoms with Crippen LogP contribution in [0.4, 0.5) is 0 Å². The Balaban J connectivity index is 1.86. The van der Waals surface area contributed by atoms with Crippen molar-refractivity contribution in [3.05, 3.63) is 46.6 Å². The Bertz CT molecular complexity index is 697. The van der Waals surface area contributed by atoms with Gasteiger partial charge < -0.3 is 14.5 Å². The Kier molecular flexibility index (Phi) is 6.57. The van der Waals surface area contributed by atoms with Crippen LogP contribution in [-0.4, -0.2) is 44.0 Å². The van der Waals surface area contributed by atoms with Crippen LogP contribution in [0.1, 0.15) is 5.76 Å². The summed E-state index contributed by atoms with van der Waals surface area (Å²) in [4.78, 5) is 24.5. The molecular formula is C17H19BrN2O4. The first-order valence-electron chi connectivity index (χ1n) is 7.34. The number of nitrogens with one attached hydrogen (secondary N) is 1. The van der Waals surface area contributed by atoms with Crippen LogP contribution in [0, 0.1) is 0 Å². The van der Waals surface area contributed by atoms with Crippen LogP contribution in [0.3, 0.4) is 0 Å². The highest BCUT2D eigenvalue weighted by atomic mass is 79.9. The van der Waals surface area contributed by atoms with Crippen LogP contribution in [-0.2, 0) is 20.9 Å². The summed E-state index contributed by atoms with van der Waals surface area (Å²) in [6.45, 7) is 0.519. The zero-order valence-electron chi connectivity index (χ0n) is 13.5. The molecule has 0 aliphatic carbocycles. The third kappa shape index (κ3) is 5.50. The number of methoxy groups -OCH3 is 1. The molecule has 0 unspecified atom stereocenters. The lowest BCUT2D eigenvalue weighted by atomic mass is 10.2. The Morgan fingerprint density at radius 2 is 1.92 bits per heavy atom. The Morgan fingerprint density at radius 3 is 2.58 bits per heavy atom. The van der Waals surface area contributed by atoms with Gasteiger partial charge in [0.05, 0.1) is 20.2 Å². The summed E-state index contributed by atoms with van der Waals surface area (Å²) in [7, 11) is 3.08. The molecule has 128 valence electrons. The highest BCUT2D eigenvalue weighted by Crippen LogP contribution is 2.24. The number of hydrogen-bond acceptors (Lipinski definition) is 5. The number of ether oxygens (including phenoxy) is 1. The van der Waals surface area contributed by atoms with Gasteiger partial charge in [-0.25, -0.2) is 0 Å². The normalized spacial score (nSPS) is 10.7. The maximum Gasteiger partial charge on any atom is 0.325 e. The number of nitrogens with zero attached hydrogens (tertiary/aromatic N) is 1. The van der Waals surface area contributed by atoms with E-state index in [2.05, 4.69) is 26.0 Å². The van der Waals surface area contributed by atoms with Crippen molar-refractivity contribution < 1.29 is 18.7 Å². The molecule has 0 spiro atoms. The molecule has 0 saturated heterocycles. The van der Waals surface area contributed by atoms with E-state index in [0.717, 1.165) is 21.6 Å². The highest BCUT2D eigenvalue weighted by molar-refractivity contribution is 9.10. The first-order chi connectivity index (χ1) is 11.5. The van der Waals surface area contributed by atoms with Crippen molar-refractivity contribution in [3.8, 4) is 11.3 Å². The number of rotatable bonds is 7. The maximum atomic E-state index is 11.7. The minimum atomic E-state index is -0.476. The van der Waals surface area contributed by atoms with Crippen LogP contribution >= 0.6 is 15.9 Å². The van der Waals surface area contributed by atoms with E-state index in [1.54, 1.807) is 11.9 Å². The van der Waals surface area contributed by atoms with Gasteiger partial charge in [0.1, 0.15) is 18.1 Å². The molecular weight excluding hydrogens is 376 g/mol. The molecule has 2 rings (SSSR count). The van der Waals surface area contributed by atoms with Gasteiger partial charge in [-0.2, -0.15) is 0 Å². The Labute approximate surface area is 148 Å². The molecule has 0 aliphatic rings. The van der Waals surface area contributed by atoms with Crippen molar-refractivity contribution in [2.24, 2.45) is 0 Å². The predicted molar refractivity (Wildman–Crippen MR) is 93.2 cm³/mol. The molecule has 0 atom stereocenters. The predicted octanol–water partition coefficient (Wildman–Crippen LogP) is 2.43. The van der Waals surface area contributed by atoms with E-state index in [1.807, 2.05) is 36.4 Å². The van der Waals surface area contributed by atoms with Crippen molar-refractivity contribution in [1.82, 2.24) is 10.2 Å². The van der Waals surface area contributed by atoms with E-state index >= 15 is 0 Å². The molecule has 2 aromatic rings. The van der Waals surface area contributed by atoms with Crippen molar-refractivity contribution in [2.45, 2.75) is 6.54 Å². The molecule has 0 aliphatic heterocycles. The van der Waals surface area contributed by atoms with Crippen molar-refractivity contribution in [2.75, 3.05) is 27.2 Å². The number of hydrogen-bond donors (Lipinski definition) is 1. The summed E-state index contributed by atoms with van der Waals surface area (Å²) in [5, 5.41) is 2.50. The summed E-state index contributed by atoms with van der Waals surface area (Å²) < 4.78 is 11.3. The Morgan fingerprint density at radius 1 is 1.21 bits per heavy atom. The molecule has 1 amide bonds. The fourth-order valence-electron chi connectivity index (χ4n) is 2.10. The van der Waals surface area contributed by atoms with Gasteiger partial charge in [0.25, 0.3) is 0 Å². The number of carbonyl (C=O) groups is 2. The molecule has 1 aromatic heterocycles. The molecule has 0 bridgehead atoms. The van der Waals surface area contributed by atoms with Gasteiger partial charge in [0.2, 0.25) is 5.91 Å². The van der Waals surface area contributed by atoms with Crippen LogP contribution < -0.4 is 5.32 Å². The van der Waals surface area contributed by atoms with Crippen LogP contribution in [0.15, 0.2) is 45.3 Å². The van der Waals surface area contributed by atoms with E-state index in [-0.39, 0.29) is 19.0 Å². The lowest BCUT2D eigenvalue weighted by Gasteiger charge is -2.14. The Hall–Kier alpha value is -2.12. The number of esters is 1. The van der Waals surface area contributed by atoms with Gasteiger partial charge in [0.15, 0.2) is 0 Å². The minimum absolute atomic E-state index is 0.127. The topological polar surface area (TPSA) is 71.8 Å². The lowest BCUT2D eigenvalue weighted by Crippen LogP contribution is -2.37. The first-order valence-corrected chi connectivity index (χ1v) is 8.14. The summed E-state index contributed by atoms with van der Waals surface area (Å²) in [5.41, 5.74) is 0.989. The molecule has 0 fully saturated rings. The van der Waals surface area contributed by atoms with Gasteiger partial charge >= 0.3 is 5.97 Å². The van der Waals surface area contributed by atoms with E-state index in [9.17, 15) is 9.59 Å². The standard InChI is InChI=1S/C17H19BrN2O4/c1-20(11-16(21)19-9-17(22)23-2)10-14-7-8-15(24-14)12-3-5-13(18)6-4-12/h3-8H,9-11H2,1-2H3,(H,19,21). The molecule has 0 saturated carbocycles. The molecule has 7 heteroatoms. The molecule has 1 N–H and O–H groups in total. The second-order valence-electron chi connectivity index (χ2n) is 5.30.